The van der Waals surface area contributed by atoms with Crippen molar-refractivity contribution in [3.63, 3.8) is 0 Å². The fourth-order valence-electron chi connectivity index (χ4n) is 4.71. The number of hydrogen-bond acceptors (Lipinski definition) is 7. The van der Waals surface area contributed by atoms with Gasteiger partial charge >= 0.3 is 23.9 Å². The summed E-state index contributed by atoms with van der Waals surface area (Å²) in [5, 5.41) is 33.8. The van der Waals surface area contributed by atoms with Crippen LogP contribution in [0.25, 0.3) is 21.8 Å². The van der Waals surface area contributed by atoms with Crippen molar-refractivity contribution in [2.75, 3.05) is 37.6 Å². The van der Waals surface area contributed by atoms with Crippen LogP contribution in [0.3, 0.4) is 0 Å². The van der Waals surface area contributed by atoms with Gasteiger partial charge in [0.1, 0.15) is 5.82 Å². The van der Waals surface area contributed by atoms with Crippen molar-refractivity contribution in [2.24, 2.45) is 0 Å². The Balaban J connectivity index is 0.000000287. The molecule has 0 saturated carbocycles. The Morgan fingerprint density at radius 2 is 1.29 bits per heavy atom. The summed E-state index contributed by atoms with van der Waals surface area (Å²) in [6.45, 7) is 5.58. The van der Waals surface area contributed by atoms with Gasteiger partial charge in [0.25, 0.3) is 0 Å². The van der Waals surface area contributed by atoms with Gasteiger partial charge in [-0.3, -0.25) is 4.90 Å². The third-order valence-corrected chi connectivity index (χ3v) is 6.86. The molecule has 0 amide bonds. The summed E-state index contributed by atoms with van der Waals surface area (Å²) in [4.78, 5) is 51.5. The molecular formula is C33H36N4O8. The van der Waals surface area contributed by atoms with E-state index in [-0.39, 0.29) is 0 Å². The normalized spacial score (nSPS) is 13.3. The van der Waals surface area contributed by atoms with Crippen LogP contribution in [0.2, 0.25) is 0 Å². The highest BCUT2D eigenvalue weighted by atomic mass is 16.4. The molecule has 0 aliphatic carbocycles. The number of benzene rings is 2. The van der Waals surface area contributed by atoms with E-state index in [4.69, 9.17) is 25.4 Å². The van der Waals surface area contributed by atoms with E-state index >= 15 is 0 Å². The number of anilines is 1. The molecule has 0 atom stereocenters. The topological polar surface area (TPSA) is 184 Å². The Morgan fingerprint density at radius 3 is 1.91 bits per heavy atom. The van der Waals surface area contributed by atoms with Gasteiger partial charge in [0.2, 0.25) is 0 Å². The smallest absolute Gasteiger partial charge is 0.328 e. The zero-order chi connectivity index (χ0) is 32.6. The summed E-state index contributed by atoms with van der Waals surface area (Å²) >= 11 is 0. The van der Waals surface area contributed by atoms with Crippen LogP contribution in [-0.2, 0) is 25.6 Å². The Hall–Kier alpha value is -5.49. The van der Waals surface area contributed by atoms with E-state index < -0.39 is 23.9 Å². The molecule has 2 aromatic carbocycles. The maximum Gasteiger partial charge on any atom is 0.328 e. The van der Waals surface area contributed by atoms with Crippen molar-refractivity contribution in [1.29, 1.82) is 0 Å². The van der Waals surface area contributed by atoms with Crippen LogP contribution in [0.4, 0.5) is 5.82 Å². The minimum Gasteiger partial charge on any atom is -0.478 e. The van der Waals surface area contributed by atoms with Crippen molar-refractivity contribution >= 4 is 51.5 Å². The number of carbonyl (C=O) groups is 4. The minimum atomic E-state index is -1.26. The lowest BCUT2D eigenvalue weighted by Crippen LogP contribution is -2.46. The number of hydrogen-bond donors (Lipinski definition) is 5. The van der Waals surface area contributed by atoms with E-state index in [0.29, 0.717) is 24.3 Å². The number of aliphatic carboxylic acids is 4. The average Bonchev–Trinajstić information content (AvgIpc) is 3.45. The number of piperazine rings is 1. The highest BCUT2D eigenvalue weighted by molar-refractivity contribution is 5.90. The molecule has 5 N–H and O–H groups in total. The van der Waals surface area contributed by atoms with Crippen molar-refractivity contribution < 1.29 is 39.6 Å². The first-order chi connectivity index (χ1) is 21.6. The number of fused-ring (bicyclic) bond motifs is 2. The summed E-state index contributed by atoms with van der Waals surface area (Å²) < 4.78 is 0. The van der Waals surface area contributed by atoms with Crippen molar-refractivity contribution in [3.8, 4) is 0 Å². The van der Waals surface area contributed by atoms with Crippen molar-refractivity contribution in [1.82, 2.24) is 14.9 Å². The molecular weight excluding hydrogens is 580 g/mol. The van der Waals surface area contributed by atoms with E-state index in [0.717, 1.165) is 43.9 Å². The predicted octanol–water partition coefficient (Wildman–Crippen LogP) is 4.28. The van der Waals surface area contributed by atoms with Gasteiger partial charge in [0.15, 0.2) is 0 Å². The van der Waals surface area contributed by atoms with Gasteiger partial charge in [0, 0.05) is 73.0 Å². The lowest BCUT2D eigenvalue weighted by Gasteiger charge is -2.35. The molecule has 0 radical (unpaired) electrons. The number of pyridine rings is 1. The van der Waals surface area contributed by atoms with Crippen molar-refractivity contribution in [3.05, 3.63) is 96.7 Å². The maximum absolute atomic E-state index is 9.55. The first kappa shape index (κ1) is 34.0. The van der Waals surface area contributed by atoms with Crippen LogP contribution in [0.15, 0.2) is 91.2 Å². The zero-order valence-corrected chi connectivity index (χ0v) is 24.6. The van der Waals surface area contributed by atoms with Crippen LogP contribution in [0, 0.1) is 0 Å². The highest BCUT2D eigenvalue weighted by Gasteiger charge is 2.18. The number of unbranched alkanes of at least 4 members (excludes halogenated alkanes) is 1. The van der Waals surface area contributed by atoms with Gasteiger partial charge in [-0.2, -0.15) is 0 Å². The SMILES string of the molecule is O=C(O)C=CC(=O)O.O=C(O)C=CC(=O)O.c1ccc2nc(N3CCN(CCCCc4c[nH]c5ccccc45)CC3)ccc2c1. The summed E-state index contributed by atoms with van der Waals surface area (Å²) in [5.74, 6) is -3.91. The summed E-state index contributed by atoms with van der Waals surface area (Å²) in [7, 11) is 0. The fraction of sp³-hybridized carbons (Fsp3) is 0.242. The number of nitrogens with zero attached hydrogens (tertiary/aromatic N) is 3. The number of aromatic nitrogens is 2. The van der Waals surface area contributed by atoms with E-state index in [9.17, 15) is 19.2 Å². The number of para-hydroxylation sites is 2. The minimum absolute atomic E-state index is 0.558. The number of aryl methyl sites for hydroxylation is 1. The summed E-state index contributed by atoms with van der Waals surface area (Å²) in [6.07, 6.45) is 8.07. The number of H-pyrrole nitrogens is 1. The molecule has 1 saturated heterocycles. The number of nitrogens with one attached hydrogen (secondary N) is 1. The standard InChI is InChI=1S/C25H28N4.2C4H4O4/c1-3-10-23-20(7-1)12-13-25(27-23)29-17-15-28(16-18-29)14-6-5-8-21-19-26-24-11-4-2-9-22(21)24;2*5-3(6)1-2-4(7)8/h1-4,7,9-13,19,26H,5-6,8,14-18H2;2*1-2H,(H,5,6)(H,7,8). The monoisotopic (exact) mass is 616 g/mol. The van der Waals surface area contributed by atoms with E-state index in [1.807, 2.05) is 0 Å². The molecule has 12 heteroatoms. The first-order valence-corrected chi connectivity index (χ1v) is 14.3. The first-order valence-electron chi connectivity index (χ1n) is 14.3. The second kappa shape index (κ2) is 17.6. The van der Waals surface area contributed by atoms with Crippen molar-refractivity contribution in [2.45, 2.75) is 19.3 Å². The third-order valence-electron chi connectivity index (χ3n) is 6.86. The Kier molecular flexibility index (Phi) is 13.3. The fourth-order valence-corrected chi connectivity index (χ4v) is 4.71. The van der Waals surface area contributed by atoms with Gasteiger partial charge in [-0.1, -0.05) is 36.4 Å². The molecule has 12 nitrogen and oxygen atoms in total. The maximum atomic E-state index is 9.55. The van der Waals surface area contributed by atoms with Crippen LogP contribution in [0.1, 0.15) is 18.4 Å². The molecule has 0 unspecified atom stereocenters. The Morgan fingerprint density at radius 1 is 0.711 bits per heavy atom. The largest absolute Gasteiger partial charge is 0.478 e. The molecule has 2 aromatic heterocycles. The molecule has 236 valence electrons. The molecule has 4 aromatic rings. The van der Waals surface area contributed by atoms with Crippen LogP contribution in [-0.4, -0.2) is 91.9 Å². The van der Waals surface area contributed by atoms with Crippen LogP contribution in [0.5, 0.6) is 0 Å². The lowest BCUT2D eigenvalue weighted by atomic mass is 10.1. The predicted molar refractivity (Wildman–Crippen MR) is 170 cm³/mol. The average molecular weight is 617 g/mol. The number of carboxylic acids is 4. The van der Waals surface area contributed by atoms with Crippen LogP contribution >= 0.6 is 0 Å². The van der Waals surface area contributed by atoms with Gasteiger partial charge in [0.05, 0.1) is 5.52 Å². The number of rotatable bonds is 10. The second-order valence-electron chi connectivity index (χ2n) is 10.0. The molecule has 1 aliphatic rings. The third kappa shape index (κ3) is 12.0. The summed E-state index contributed by atoms with van der Waals surface area (Å²) in [6, 6.07) is 21.3. The number of aromatic amines is 1. The molecule has 3 heterocycles. The number of carboxylic acid groups (broad SMARTS) is 4. The quantitative estimate of drug-likeness (QED) is 0.127. The highest BCUT2D eigenvalue weighted by Crippen LogP contribution is 2.21. The molecule has 1 aliphatic heterocycles. The molecule has 0 bridgehead atoms. The van der Waals surface area contributed by atoms with Crippen LogP contribution < -0.4 is 4.90 Å². The van der Waals surface area contributed by atoms with E-state index in [1.165, 1.54) is 41.2 Å². The second-order valence-corrected chi connectivity index (χ2v) is 10.0. The van der Waals surface area contributed by atoms with Gasteiger partial charge in [-0.15, -0.1) is 0 Å². The van der Waals surface area contributed by atoms with Gasteiger partial charge in [-0.05, 0) is 55.6 Å². The Labute approximate surface area is 259 Å². The lowest BCUT2D eigenvalue weighted by molar-refractivity contribution is -0.134. The molecule has 5 rings (SSSR count). The Bertz CT molecular complexity index is 1590. The molecule has 45 heavy (non-hydrogen) atoms. The molecule has 0 spiro atoms. The van der Waals surface area contributed by atoms with E-state index in [2.05, 4.69) is 81.6 Å². The zero-order valence-electron chi connectivity index (χ0n) is 24.6. The van der Waals surface area contributed by atoms with E-state index in [1.54, 1.807) is 0 Å². The van der Waals surface area contributed by atoms with Gasteiger partial charge < -0.3 is 30.3 Å². The van der Waals surface area contributed by atoms with Gasteiger partial charge in [-0.25, -0.2) is 24.2 Å². The summed E-state index contributed by atoms with van der Waals surface area (Å²) in [5.41, 5.74) is 3.79. The molecule has 1 fully saturated rings.